The third-order valence-electron chi connectivity index (χ3n) is 2.58. The van der Waals surface area contributed by atoms with Crippen LogP contribution in [0.3, 0.4) is 0 Å². The molecule has 2 N–H and O–H groups in total. The Kier molecular flexibility index (Phi) is 3.63. The molecule has 0 atom stereocenters. The summed E-state index contributed by atoms with van der Waals surface area (Å²) < 4.78 is 26.7. The van der Waals surface area contributed by atoms with Crippen LogP contribution >= 0.6 is 34.5 Å². The summed E-state index contributed by atoms with van der Waals surface area (Å²) in [5.74, 6) is -1.03. The lowest BCUT2D eigenvalue weighted by Crippen LogP contribution is -2.38. The number of thiophene rings is 1. The molecule has 0 bridgehead atoms. The maximum absolute atomic E-state index is 12.0. The van der Waals surface area contributed by atoms with Gasteiger partial charge in [0.1, 0.15) is 8.55 Å². The van der Waals surface area contributed by atoms with Gasteiger partial charge in [-0.05, 0) is 18.9 Å². The molecule has 1 aromatic heterocycles. The Balaban J connectivity index is 2.20. The van der Waals surface area contributed by atoms with Crippen molar-refractivity contribution < 1.29 is 18.3 Å². The highest BCUT2D eigenvalue weighted by Gasteiger charge is 2.48. The van der Waals surface area contributed by atoms with E-state index in [-0.39, 0.29) is 20.0 Å². The van der Waals surface area contributed by atoms with E-state index in [0.717, 1.165) is 11.3 Å². The first-order valence-corrected chi connectivity index (χ1v) is 8.00. The normalized spacial score (nSPS) is 17.7. The summed E-state index contributed by atoms with van der Waals surface area (Å²) in [5, 5.41) is 8.90. The molecule has 5 nitrogen and oxygen atoms in total. The fourth-order valence-corrected chi connectivity index (χ4v) is 4.89. The summed E-state index contributed by atoms with van der Waals surface area (Å²) in [6.07, 6.45) is 0.815. The summed E-state index contributed by atoms with van der Waals surface area (Å²) in [6.45, 7) is 0. The van der Waals surface area contributed by atoms with Crippen LogP contribution in [0.25, 0.3) is 0 Å². The second-order valence-electron chi connectivity index (χ2n) is 4.14. The van der Waals surface area contributed by atoms with E-state index in [1.54, 1.807) is 0 Å². The second kappa shape index (κ2) is 4.64. The van der Waals surface area contributed by atoms with Gasteiger partial charge in [-0.25, -0.2) is 13.1 Å². The number of carboxylic acids is 1. The van der Waals surface area contributed by atoms with Crippen molar-refractivity contribution in [2.75, 3.05) is 0 Å². The SMILES string of the molecule is O=C(O)CC1(NS(=O)(=O)c2cc(Cl)c(Cl)s2)CC1. The zero-order valence-electron chi connectivity index (χ0n) is 8.94. The minimum atomic E-state index is -3.77. The van der Waals surface area contributed by atoms with Crippen LogP contribution in [0.2, 0.25) is 9.36 Å². The minimum Gasteiger partial charge on any atom is -0.481 e. The van der Waals surface area contributed by atoms with Gasteiger partial charge < -0.3 is 5.11 Å². The van der Waals surface area contributed by atoms with Crippen molar-refractivity contribution in [1.82, 2.24) is 4.72 Å². The number of rotatable bonds is 5. The minimum absolute atomic E-state index is 0.00540. The van der Waals surface area contributed by atoms with E-state index in [9.17, 15) is 13.2 Å². The van der Waals surface area contributed by atoms with Crippen LogP contribution < -0.4 is 4.72 Å². The van der Waals surface area contributed by atoms with Crippen molar-refractivity contribution in [2.45, 2.75) is 29.0 Å². The lowest BCUT2D eigenvalue weighted by atomic mass is 10.2. The van der Waals surface area contributed by atoms with Crippen molar-refractivity contribution in [3.05, 3.63) is 15.4 Å². The van der Waals surface area contributed by atoms with E-state index < -0.39 is 21.5 Å². The molecule has 0 saturated heterocycles. The quantitative estimate of drug-likeness (QED) is 0.868. The number of nitrogens with one attached hydrogen (secondary N) is 1. The van der Waals surface area contributed by atoms with Crippen LogP contribution in [-0.2, 0) is 14.8 Å². The zero-order valence-corrected chi connectivity index (χ0v) is 12.1. The largest absolute Gasteiger partial charge is 0.481 e. The average Bonchev–Trinajstić information content (AvgIpc) is 2.84. The van der Waals surface area contributed by atoms with Gasteiger partial charge in [0.25, 0.3) is 10.0 Å². The molecule has 0 spiro atoms. The molecule has 1 aliphatic rings. The van der Waals surface area contributed by atoms with Crippen LogP contribution in [0.1, 0.15) is 19.3 Å². The molecule has 0 aromatic carbocycles. The summed E-state index contributed by atoms with van der Waals surface area (Å²) in [6, 6.07) is 1.26. The topological polar surface area (TPSA) is 83.5 Å². The lowest BCUT2D eigenvalue weighted by Gasteiger charge is -2.14. The van der Waals surface area contributed by atoms with Gasteiger partial charge in [-0.1, -0.05) is 23.2 Å². The smallest absolute Gasteiger partial charge is 0.305 e. The lowest BCUT2D eigenvalue weighted by molar-refractivity contribution is -0.137. The molecule has 1 saturated carbocycles. The Bertz CT molecular complexity index is 572. The van der Waals surface area contributed by atoms with E-state index in [1.165, 1.54) is 6.07 Å². The molecule has 9 heteroatoms. The highest BCUT2D eigenvalue weighted by molar-refractivity contribution is 7.91. The third-order valence-corrected chi connectivity index (χ3v) is 6.50. The number of hydrogen-bond donors (Lipinski definition) is 2. The van der Waals surface area contributed by atoms with Crippen molar-refractivity contribution in [2.24, 2.45) is 0 Å². The number of hydrogen-bond acceptors (Lipinski definition) is 4. The summed E-state index contributed by atoms with van der Waals surface area (Å²) in [4.78, 5) is 10.7. The van der Waals surface area contributed by atoms with Gasteiger partial charge >= 0.3 is 5.97 Å². The highest BCUT2D eigenvalue weighted by Crippen LogP contribution is 2.41. The molecule has 1 heterocycles. The van der Waals surface area contributed by atoms with E-state index in [4.69, 9.17) is 28.3 Å². The Hall–Kier alpha value is -0.340. The number of carbonyl (C=O) groups is 1. The first kappa shape index (κ1) is 14.1. The van der Waals surface area contributed by atoms with Gasteiger partial charge in [0.05, 0.1) is 11.4 Å². The predicted octanol–water partition coefficient (Wildman–Crippen LogP) is 2.34. The third kappa shape index (κ3) is 2.97. The maximum atomic E-state index is 12.0. The molecule has 2 rings (SSSR count). The van der Waals surface area contributed by atoms with Crippen molar-refractivity contribution >= 4 is 50.5 Å². The van der Waals surface area contributed by atoms with Crippen LogP contribution in [0.4, 0.5) is 0 Å². The average molecular weight is 330 g/mol. The van der Waals surface area contributed by atoms with E-state index in [0.29, 0.717) is 12.8 Å². The standard InChI is InChI=1S/C9H9Cl2NO4S2/c10-5-3-7(17-8(5)11)18(15,16)12-9(1-2-9)4-6(13)14/h3,12H,1-2,4H2,(H,13,14). The number of sulfonamides is 1. The molecule has 100 valence electrons. The van der Waals surface area contributed by atoms with Crippen LogP contribution in [0.5, 0.6) is 0 Å². The summed E-state index contributed by atoms with van der Waals surface area (Å²) in [5.41, 5.74) is -0.854. The summed E-state index contributed by atoms with van der Waals surface area (Å²) >= 11 is 12.2. The van der Waals surface area contributed by atoms with Gasteiger partial charge in [0.15, 0.2) is 0 Å². The molecule has 0 aliphatic heterocycles. The molecule has 0 unspecified atom stereocenters. The second-order valence-corrected chi connectivity index (χ2v) is 8.11. The first-order chi connectivity index (χ1) is 8.24. The number of carboxylic acid groups (broad SMARTS) is 1. The van der Waals surface area contributed by atoms with E-state index in [1.807, 2.05) is 0 Å². The Morgan fingerprint density at radius 1 is 1.50 bits per heavy atom. The predicted molar refractivity (Wildman–Crippen MR) is 68.9 cm³/mol. The fourth-order valence-electron chi connectivity index (χ4n) is 1.55. The Labute approximate surface area is 118 Å². The van der Waals surface area contributed by atoms with Crippen LogP contribution in [0, 0.1) is 0 Å². The monoisotopic (exact) mass is 329 g/mol. The van der Waals surface area contributed by atoms with Gasteiger partial charge in [-0.15, -0.1) is 11.3 Å². The van der Waals surface area contributed by atoms with Crippen LogP contribution in [-0.4, -0.2) is 25.0 Å². The van der Waals surface area contributed by atoms with Crippen molar-refractivity contribution in [3.63, 3.8) is 0 Å². The van der Waals surface area contributed by atoms with Crippen molar-refractivity contribution in [1.29, 1.82) is 0 Å². The molecule has 0 amide bonds. The fraction of sp³-hybridized carbons (Fsp3) is 0.444. The van der Waals surface area contributed by atoms with E-state index >= 15 is 0 Å². The molecule has 1 fully saturated rings. The number of aliphatic carboxylic acids is 1. The van der Waals surface area contributed by atoms with Crippen LogP contribution in [0.15, 0.2) is 10.3 Å². The maximum Gasteiger partial charge on any atom is 0.305 e. The van der Waals surface area contributed by atoms with E-state index in [2.05, 4.69) is 4.72 Å². The molecule has 1 aliphatic carbocycles. The van der Waals surface area contributed by atoms with Crippen molar-refractivity contribution in [3.8, 4) is 0 Å². The highest BCUT2D eigenvalue weighted by atomic mass is 35.5. The van der Waals surface area contributed by atoms with Gasteiger partial charge in [0.2, 0.25) is 0 Å². The van der Waals surface area contributed by atoms with Gasteiger partial charge in [-0.3, -0.25) is 4.79 Å². The number of halogens is 2. The summed E-state index contributed by atoms with van der Waals surface area (Å²) in [7, 11) is -3.77. The van der Waals surface area contributed by atoms with Gasteiger partial charge in [0, 0.05) is 5.54 Å². The first-order valence-electron chi connectivity index (χ1n) is 4.95. The Morgan fingerprint density at radius 2 is 2.11 bits per heavy atom. The Morgan fingerprint density at radius 3 is 2.50 bits per heavy atom. The zero-order chi connectivity index (χ0) is 13.6. The molecular formula is C9H9Cl2NO4S2. The molecule has 0 radical (unpaired) electrons. The molecular weight excluding hydrogens is 321 g/mol. The molecule has 1 aromatic rings. The van der Waals surface area contributed by atoms with Gasteiger partial charge in [-0.2, -0.15) is 0 Å². The molecule has 18 heavy (non-hydrogen) atoms.